The van der Waals surface area contributed by atoms with Crippen molar-refractivity contribution < 1.29 is 34.6 Å². The highest BCUT2D eigenvalue weighted by molar-refractivity contribution is 6.53. The summed E-state index contributed by atoms with van der Waals surface area (Å²) in [6.45, 7) is 0.875. The van der Waals surface area contributed by atoms with Crippen molar-refractivity contribution in [3.63, 3.8) is 0 Å². The van der Waals surface area contributed by atoms with Crippen LogP contribution < -0.4 is 9.47 Å². The molecule has 0 spiro atoms. The van der Waals surface area contributed by atoms with Crippen LogP contribution in [0.2, 0.25) is 0 Å². The number of likely N-dealkylation sites (N-methyl/N-ethyl adjacent to an activating group) is 1. The molecule has 0 amide bonds. The second-order valence-electron chi connectivity index (χ2n) is 9.57. The lowest BCUT2D eigenvalue weighted by atomic mass is 9.95. The molecule has 0 aromatic heterocycles. The van der Waals surface area contributed by atoms with Gasteiger partial charge in [0.25, 0.3) is 0 Å². The Balaban J connectivity index is 1.57. The third-order valence-electron chi connectivity index (χ3n) is 6.44. The third-order valence-corrected chi connectivity index (χ3v) is 6.85. The van der Waals surface area contributed by atoms with Crippen molar-refractivity contribution >= 4 is 22.2 Å². The van der Waals surface area contributed by atoms with Crippen molar-refractivity contribution in [3.05, 3.63) is 95.6 Å². The Morgan fingerprint density at radius 1 is 0.795 bits per heavy atom. The predicted molar refractivity (Wildman–Crippen MR) is 150 cm³/mol. The van der Waals surface area contributed by atoms with Crippen LogP contribution in [0.1, 0.15) is 16.7 Å². The Morgan fingerprint density at radius 3 is 2.00 bits per heavy atom. The molecule has 0 unspecified atom stereocenters. The van der Waals surface area contributed by atoms with Crippen LogP contribution in [-0.2, 0) is 4.74 Å². The van der Waals surface area contributed by atoms with E-state index in [0.717, 1.165) is 34.6 Å². The molecule has 9 heteroatoms. The smallest absolute Gasteiger partial charge is 0.229 e. The van der Waals surface area contributed by atoms with Crippen LogP contribution in [0, 0.1) is 0 Å². The molecule has 0 radical (unpaired) electrons. The molecule has 1 saturated heterocycles. The monoisotopic (exact) mass is 555 g/mol. The zero-order valence-corrected chi connectivity index (χ0v) is 22.6. The molecule has 4 N–H and O–H groups in total. The van der Waals surface area contributed by atoms with Gasteiger partial charge in [0, 0.05) is 12.1 Å². The minimum Gasteiger partial charge on any atom is -0.492 e. The van der Waals surface area contributed by atoms with Gasteiger partial charge < -0.3 is 39.5 Å². The van der Waals surface area contributed by atoms with E-state index in [2.05, 4.69) is 4.90 Å². The van der Waals surface area contributed by atoms with Gasteiger partial charge in [-0.25, -0.2) is 0 Å². The topological polar surface area (TPSA) is 112 Å². The van der Waals surface area contributed by atoms with Gasteiger partial charge in [0.2, 0.25) is 6.29 Å². The van der Waals surface area contributed by atoms with E-state index in [9.17, 15) is 20.4 Å². The zero-order valence-electron chi connectivity index (χ0n) is 21.9. The second-order valence-corrected chi connectivity index (χ2v) is 9.95. The van der Waals surface area contributed by atoms with Gasteiger partial charge in [-0.15, -0.1) is 0 Å². The molecule has 5 atom stereocenters. The molecule has 3 aromatic rings. The van der Waals surface area contributed by atoms with E-state index in [1.807, 2.05) is 68.7 Å². The summed E-state index contributed by atoms with van der Waals surface area (Å²) >= 11 is 6.99. The Hall–Kier alpha value is -2.95. The average molecular weight is 556 g/mol. The second kappa shape index (κ2) is 13.4. The summed E-state index contributed by atoms with van der Waals surface area (Å²) in [6, 6.07) is 24.6. The Morgan fingerprint density at radius 2 is 1.38 bits per heavy atom. The fourth-order valence-corrected chi connectivity index (χ4v) is 4.56. The normalized spacial score (nSPS) is 23.8. The zero-order chi connectivity index (χ0) is 27.9. The average Bonchev–Trinajstić information content (AvgIpc) is 2.95. The van der Waals surface area contributed by atoms with Gasteiger partial charge in [0.15, 0.2) is 0 Å². The van der Waals surface area contributed by atoms with Gasteiger partial charge in [-0.05, 0) is 67.2 Å². The summed E-state index contributed by atoms with van der Waals surface area (Å²) in [5, 5.41) is 40.2. The van der Waals surface area contributed by atoms with Gasteiger partial charge in [-0.2, -0.15) is 0 Å². The number of aliphatic hydroxyl groups is 4. The molecule has 0 saturated carbocycles. The molecule has 39 heavy (non-hydrogen) atoms. The Kier molecular flexibility index (Phi) is 9.99. The highest BCUT2D eigenvalue weighted by atomic mass is 35.5. The van der Waals surface area contributed by atoms with Gasteiger partial charge in [0.05, 0.1) is 11.6 Å². The summed E-state index contributed by atoms with van der Waals surface area (Å²) in [5.41, 5.74) is 3.46. The first-order valence-corrected chi connectivity index (χ1v) is 13.1. The number of benzene rings is 3. The summed E-state index contributed by atoms with van der Waals surface area (Å²) in [5.74, 6) is 1.13. The van der Waals surface area contributed by atoms with Crippen LogP contribution in [0.25, 0.3) is 10.6 Å². The fourth-order valence-electron chi connectivity index (χ4n) is 4.21. The van der Waals surface area contributed by atoms with Gasteiger partial charge >= 0.3 is 0 Å². The van der Waals surface area contributed by atoms with Crippen LogP contribution in [0.15, 0.2) is 78.9 Å². The van der Waals surface area contributed by atoms with E-state index >= 15 is 0 Å². The molecule has 208 valence electrons. The summed E-state index contributed by atoms with van der Waals surface area (Å²) in [4.78, 5) is 2.06. The van der Waals surface area contributed by atoms with Crippen molar-refractivity contribution in [1.29, 1.82) is 0 Å². The highest BCUT2D eigenvalue weighted by Crippen LogP contribution is 2.36. The van der Waals surface area contributed by atoms with Crippen molar-refractivity contribution in [1.82, 2.24) is 4.90 Å². The van der Waals surface area contributed by atoms with Gasteiger partial charge in [-0.1, -0.05) is 54.1 Å². The number of nitrogens with zero attached hydrogens (tertiary/aromatic N) is 1. The SMILES string of the molecule is CN(C)CCOc1ccc(/C(=C(\Cl)c2ccc(O[C@@H]3O[C@H](CO)[C@@H](O)[C@H](O)[C@H]3O)cc2)c2ccccc2)cc1. The van der Waals surface area contributed by atoms with Crippen LogP contribution in [0.4, 0.5) is 0 Å². The molecule has 3 aromatic carbocycles. The molecule has 8 nitrogen and oxygen atoms in total. The summed E-state index contributed by atoms with van der Waals surface area (Å²) in [6.07, 6.45) is -6.79. The standard InChI is InChI=1S/C30H34ClNO7/c1-32(2)16-17-37-22-12-8-20(9-13-22)25(19-6-4-3-5-7-19)26(31)21-10-14-23(15-11-21)38-30-29(36)28(35)27(34)24(18-33)39-30/h3-15,24,27-30,33-36H,16-18H2,1-2H3/b26-25-/t24-,27-,28+,29-,30-/m1/s1. The minimum absolute atomic E-state index is 0.355. The third kappa shape index (κ3) is 7.17. The van der Waals surface area contributed by atoms with Gasteiger partial charge in [-0.3, -0.25) is 0 Å². The minimum atomic E-state index is -1.52. The van der Waals surface area contributed by atoms with E-state index in [4.69, 9.17) is 25.8 Å². The maximum Gasteiger partial charge on any atom is 0.229 e. The van der Waals surface area contributed by atoms with Crippen LogP contribution in [0.3, 0.4) is 0 Å². The van der Waals surface area contributed by atoms with E-state index in [1.54, 1.807) is 24.3 Å². The molecule has 0 bridgehead atoms. The largest absolute Gasteiger partial charge is 0.492 e. The lowest BCUT2D eigenvalue weighted by molar-refractivity contribution is -0.277. The van der Waals surface area contributed by atoms with E-state index in [0.29, 0.717) is 17.4 Å². The van der Waals surface area contributed by atoms with Gasteiger partial charge in [0.1, 0.15) is 42.5 Å². The van der Waals surface area contributed by atoms with E-state index in [-0.39, 0.29) is 0 Å². The predicted octanol–water partition coefficient (Wildman–Crippen LogP) is 2.96. The molecule has 0 aliphatic carbocycles. The molecular formula is C30H34ClNO7. The number of hydrogen-bond donors (Lipinski definition) is 4. The first-order chi connectivity index (χ1) is 18.8. The van der Waals surface area contributed by atoms with E-state index in [1.165, 1.54) is 0 Å². The Bertz CT molecular complexity index is 1220. The number of rotatable bonds is 10. The maximum atomic E-state index is 10.3. The molecule has 1 aliphatic rings. The number of halogens is 1. The summed E-state index contributed by atoms with van der Waals surface area (Å²) in [7, 11) is 4.00. The number of ether oxygens (including phenoxy) is 3. The first-order valence-electron chi connectivity index (χ1n) is 12.7. The molecular weight excluding hydrogens is 522 g/mol. The molecule has 1 fully saturated rings. The molecule has 1 heterocycles. The van der Waals surface area contributed by atoms with Crippen LogP contribution in [-0.4, -0.2) is 89.9 Å². The quantitative estimate of drug-likeness (QED) is 0.283. The van der Waals surface area contributed by atoms with Crippen molar-refractivity contribution in [2.75, 3.05) is 33.9 Å². The Labute approximate surface area is 233 Å². The lowest BCUT2D eigenvalue weighted by Crippen LogP contribution is -2.60. The highest BCUT2D eigenvalue weighted by Gasteiger charge is 2.44. The van der Waals surface area contributed by atoms with Crippen molar-refractivity contribution in [2.45, 2.75) is 30.7 Å². The number of aliphatic hydroxyl groups excluding tert-OH is 4. The van der Waals surface area contributed by atoms with Crippen LogP contribution in [0.5, 0.6) is 11.5 Å². The maximum absolute atomic E-state index is 10.3. The van der Waals surface area contributed by atoms with E-state index < -0.39 is 37.3 Å². The lowest BCUT2D eigenvalue weighted by Gasteiger charge is -2.39. The van der Waals surface area contributed by atoms with Crippen molar-refractivity contribution in [3.8, 4) is 11.5 Å². The summed E-state index contributed by atoms with van der Waals surface area (Å²) < 4.78 is 17.0. The number of hydrogen-bond acceptors (Lipinski definition) is 8. The molecule has 4 rings (SSSR count). The first kappa shape index (κ1) is 29.0. The van der Waals surface area contributed by atoms with Crippen molar-refractivity contribution in [2.24, 2.45) is 0 Å². The van der Waals surface area contributed by atoms with Crippen LogP contribution >= 0.6 is 11.6 Å². The fraction of sp³-hybridized carbons (Fsp3) is 0.333. The molecule has 1 aliphatic heterocycles.